The van der Waals surface area contributed by atoms with Gasteiger partial charge in [0, 0.05) is 89.2 Å². The zero-order chi connectivity index (χ0) is 57.5. The van der Waals surface area contributed by atoms with Crippen LogP contribution in [-0.2, 0) is 54.3 Å². The van der Waals surface area contributed by atoms with Crippen LogP contribution in [-0.4, -0.2) is 176 Å². The van der Waals surface area contributed by atoms with Crippen molar-refractivity contribution in [2.24, 2.45) is 29.6 Å². The minimum Gasteiger partial charge on any atom is -0.381 e. The maximum absolute atomic E-state index is 13.9. The van der Waals surface area contributed by atoms with Gasteiger partial charge in [-0.1, -0.05) is 93.9 Å². The molecule has 1 aromatic heterocycles. The number of aromatic nitrogens is 1. The third kappa shape index (κ3) is 19.0. The highest BCUT2D eigenvalue weighted by Gasteiger charge is 2.42. The number of methoxy groups -OCH3 is 2. The van der Waals surface area contributed by atoms with Crippen LogP contribution >= 0.6 is 0 Å². The molecule has 0 bridgehead atoms. The highest BCUT2D eigenvalue weighted by molar-refractivity contribution is 6.12. The molecule has 2 saturated heterocycles. The molecule has 3 aliphatic rings. The zero-order valence-corrected chi connectivity index (χ0v) is 48.6. The number of hydrogen-bond donors (Lipinski definition) is 5. The zero-order valence-electron chi connectivity index (χ0n) is 48.6. The van der Waals surface area contributed by atoms with E-state index in [2.05, 4.69) is 47.0 Å². The topological polar surface area (TPSA) is 241 Å². The Kier molecular flexibility index (Phi) is 28.0. The molecule has 7 unspecified atom stereocenters. The summed E-state index contributed by atoms with van der Waals surface area (Å²) in [5, 5.41) is 13.6. The molecule has 20 heteroatoms. The largest absolute Gasteiger partial charge is 0.381 e. The third-order valence-electron chi connectivity index (χ3n) is 15.0. The summed E-state index contributed by atoms with van der Waals surface area (Å²) < 4.78 is 11.7. The van der Waals surface area contributed by atoms with Crippen molar-refractivity contribution in [3.05, 3.63) is 48.2 Å². The van der Waals surface area contributed by atoms with E-state index in [1.54, 1.807) is 21.3 Å². The number of para-hydroxylation sites is 1. The Bertz CT molecular complexity index is 2240. The van der Waals surface area contributed by atoms with Crippen LogP contribution in [0.3, 0.4) is 0 Å². The SMILES string of the molecule is CC.CC(=O)[C@@H](NC(=O)C(C(C)C)N(C)CCNC(=O)NCCN1C(=O)C=CC1=O)C(C)C.CCC(C)C(C)C(CC(=O)N1CCCC1C(OC)C(C)C(=O)N[C@@H](Cc1c[nH]c2ccccc12)C(=O)N1CCCCO1)OC. The summed E-state index contributed by atoms with van der Waals surface area (Å²) in [6.07, 6.45) is 8.57. The first-order valence-electron chi connectivity index (χ1n) is 27.9. The Balaban J connectivity index is 0.000000417. The van der Waals surface area contributed by atoms with E-state index in [1.165, 1.54) is 24.1 Å². The summed E-state index contributed by atoms with van der Waals surface area (Å²) in [7, 11) is 5.06. The minimum atomic E-state index is -0.814. The lowest BCUT2D eigenvalue weighted by atomic mass is 9.87. The molecule has 5 N–H and O–H groups in total. The molecule has 3 aliphatic heterocycles. The fraction of sp³-hybridized carbons (Fsp3) is 0.684. The molecule has 0 spiro atoms. The van der Waals surface area contributed by atoms with Crippen molar-refractivity contribution >= 4 is 58.2 Å². The first-order valence-corrected chi connectivity index (χ1v) is 27.9. The van der Waals surface area contributed by atoms with Crippen molar-refractivity contribution in [2.75, 3.05) is 67.1 Å². The second-order valence-electron chi connectivity index (χ2n) is 21.0. The number of ketones is 1. The van der Waals surface area contributed by atoms with Crippen LogP contribution in [0.4, 0.5) is 4.79 Å². The van der Waals surface area contributed by atoms with Crippen LogP contribution in [0.15, 0.2) is 42.6 Å². The molecule has 1 aromatic carbocycles. The summed E-state index contributed by atoms with van der Waals surface area (Å²) in [4.78, 5) is 114. The van der Waals surface area contributed by atoms with Crippen molar-refractivity contribution in [2.45, 2.75) is 157 Å². The van der Waals surface area contributed by atoms with Crippen LogP contribution in [0.1, 0.15) is 120 Å². The van der Waals surface area contributed by atoms with Gasteiger partial charge in [0.1, 0.15) is 6.04 Å². The molecule has 8 amide bonds. The number of likely N-dealkylation sites (tertiary alicyclic amines) is 1. The van der Waals surface area contributed by atoms with Gasteiger partial charge in [-0.15, -0.1) is 0 Å². The lowest BCUT2D eigenvalue weighted by Gasteiger charge is -2.36. The van der Waals surface area contributed by atoms with Gasteiger partial charge in [-0.05, 0) is 75.0 Å². The Labute approximate surface area is 457 Å². The number of imide groups is 1. The molecule has 20 nitrogen and oxygen atoms in total. The number of hydrogen-bond acceptors (Lipinski definition) is 12. The molecule has 77 heavy (non-hydrogen) atoms. The van der Waals surface area contributed by atoms with E-state index in [-0.39, 0.29) is 72.4 Å². The number of carbonyl (C=O) groups is 8. The second-order valence-corrected chi connectivity index (χ2v) is 21.0. The van der Waals surface area contributed by atoms with E-state index in [1.807, 2.05) is 88.7 Å². The summed E-state index contributed by atoms with van der Waals surface area (Å²) in [5.74, 6) is -1.53. The van der Waals surface area contributed by atoms with Crippen LogP contribution in [0.5, 0.6) is 0 Å². The average Bonchev–Trinajstić information content (AvgIpc) is 4.15. The number of fused-ring (bicyclic) bond motifs is 1. The smallest absolute Gasteiger partial charge is 0.314 e. The number of hydroxylamine groups is 2. The fourth-order valence-electron chi connectivity index (χ4n) is 10.2. The Morgan fingerprint density at radius 3 is 2.09 bits per heavy atom. The summed E-state index contributed by atoms with van der Waals surface area (Å²) in [6, 6.07) is 5.45. The summed E-state index contributed by atoms with van der Waals surface area (Å²) in [5.41, 5.74) is 1.92. The number of likely N-dealkylation sites (N-methyl/N-ethyl adjacent to an activating group) is 1. The maximum atomic E-state index is 13.9. The molecule has 2 fully saturated rings. The van der Waals surface area contributed by atoms with Crippen LogP contribution in [0.2, 0.25) is 0 Å². The highest BCUT2D eigenvalue weighted by atomic mass is 16.7. The van der Waals surface area contributed by atoms with E-state index < -0.39 is 48.0 Å². The number of H-pyrrole nitrogens is 1. The number of aromatic amines is 1. The summed E-state index contributed by atoms with van der Waals surface area (Å²) in [6.45, 7) is 23.9. The number of urea groups is 1. The van der Waals surface area contributed by atoms with Gasteiger partial charge in [0.15, 0.2) is 5.78 Å². The molecule has 2 aromatic rings. The lowest BCUT2D eigenvalue weighted by molar-refractivity contribution is -0.199. The molecular formula is C57H93N9O11. The highest BCUT2D eigenvalue weighted by Crippen LogP contribution is 2.30. The molecule has 4 heterocycles. The Hall–Kier alpha value is -5.70. The third-order valence-corrected chi connectivity index (χ3v) is 15.0. The van der Waals surface area contributed by atoms with Crippen molar-refractivity contribution in [1.82, 2.24) is 46.0 Å². The molecule has 432 valence electrons. The number of Topliss-reactive ketones (excluding diaryl/α,β-unsaturated/α-hetero) is 1. The molecule has 0 radical (unpaired) electrons. The van der Waals surface area contributed by atoms with Gasteiger partial charge in [0.2, 0.25) is 17.7 Å². The number of amides is 8. The standard InChI is InChI=1S/C34H52N4O6.C21H35N5O5.C2H6/c1-7-22(2)23(3)30(42-5)20-31(39)37-16-12-15-29(37)32(43-6)24(4)33(40)36-28(34(41)38-17-10-11-18-44-38)19-25-21-35-27-14-9-8-13-26(25)27;1-13(2)18(15(5)27)24-20(30)19(14(3)4)25(6)11-9-22-21(31)23-10-12-26-16(28)7-8-17(26)29;1-2/h8-9,13-14,21-24,28-30,32,35H,7,10-12,15-20H2,1-6H3,(H,36,40);7-8,13-14,18-19H,9-12H2,1-6H3,(H,24,30)(H2,22,23,31);1-2H3/t22?,23?,24?,28-,29?,30?,32?;18-,19?;/m00./s1. The normalized spacial score (nSPS) is 18.6. The van der Waals surface area contributed by atoms with E-state index in [4.69, 9.17) is 14.3 Å². The average molecular weight is 1080 g/mol. The van der Waals surface area contributed by atoms with Gasteiger partial charge < -0.3 is 40.6 Å². The van der Waals surface area contributed by atoms with Gasteiger partial charge in [-0.2, -0.15) is 0 Å². The van der Waals surface area contributed by atoms with Gasteiger partial charge >= 0.3 is 6.03 Å². The molecule has 0 saturated carbocycles. The van der Waals surface area contributed by atoms with Gasteiger partial charge in [0.25, 0.3) is 17.7 Å². The number of ether oxygens (including phenoxy) is 2. The van der Waals surface area contributed by atoms with E-state index in [9.17, 15) is 38.4 Å². The van der Waals surface area contributed by atoms with E-state index >= 15 is 0 Å². The fourth-order valence-corrected chi connectivity index (χ4v) is 10.2. The quantitative estimate of drug-likeness (QED) is 0.0745. The van der Waals surface area contributed by atoms with Gasteiger partial charge in [-0.25, -0.2) is 9.86 Å². The van der Waals surface area contributed by atoms with Crippen molar-refractivity contribution < 1.29 is 52.7 Å². The Morgan fingerprint density at radius 1 is 0.844 bits per heavy atom. The monoisotopic (exact) mass is 1080 g/mol. The van der Waals surface area contributed by atoms with Crippen molar-refractivity contribution in [3.63, 3.8) is 0 Å². The van der Waals surface area contributed by atoms with Gasteiger partial charge in [0.05, 0.1) is 49.3 Å². The van der Waals surface area contributed by atoms with Crippen molar-refractivity contribution in [3.8, 4) is 0 Å². The predicted octanol–water partition coefficient (Wildman–Crippen LogP) is 5.40. The second kappa shape index (κ2) is 32.9. The number of carbonyl (C=O) groups excluding carboxylic acids is 8. The van der Waals surface area contributed by atoms with E-state index in [0.717, 1.165) is 53.5 Å². The number of nitrogens with zero attached hydrogens (tertiary/aromatic N) is 4. The number of rotatable bonds is 26. The number of benzene rings is 1. The minimum absolute atomic E-state index is 0.00254. The molecular weight excluding hydrogens is 987 g/mol. The van der Waals surface area contributed by atoms with Crippen LogP contribution in [0, 0.1) is 29.6 Å². The van der Waals surface area contributed by atoms with Gasteiger partial charge in [-0.3, -0.25) is 48.2 Å². The van der Waals surface area contributed by atoms with Crippen LogP contribution < -0.4 is 21.3 Å². The van der Waals surface area contributed by atoms with Crippen molar-refractivity contribution in [1.29, 1.82) is 0 Å². The molecule has 9 atom stereocenters. The number of nitrogens with one attached hydrogen (secondary N) is 5. The van der Waals surface area contributed by atoms with E-state index in [0.29, 0.717) is 51.5 Å². The maximum Gasteiger partial charge on any atom is 0.314 e. The first kappa shape index (κ1) is 65.6. The van der Waals surface area contributed by atoms with Crippen LogP contribution in [0.25, 0.3) is 10.9 Å². The predicted molar refractivity (Wildman–Crippen MR) is 297 cm³/mol. The molecule has 0 aliphatic carbocycles. The summed E-state index contributed by atoms with van der Waals surface area (Å²) >= 11 is 0. The lowest BCUT2D eigenvalue weighted by Crippen LogP contribution is -2.55. The Morgan fingerprint density at radius 2 is 1.51 bits per heavy atom. The molecule has 5 rings (SSSR count). The first-order chi connectivity index (χ1) is 36.6.